The zero-order valence-corrected chi connectivity index (χ0v) is 10.3. The van der Waals surface area contributed by atoms with Crippen molar-refractivity contribution in [1.29, 1.82) is 0 Å². The van der Waals surface area contributed by atoms with E-state index in [4.69, 9.17) is 10.8 Å². The third-order valence-corrected chi connectivity index (χ3v) is 2.73. The van der Waals surface area contributed by atoms with E-state index in [2.05, 4.69) is 15.6 Å². The summed E-state index contributed by atoms with van der Waals surface area (Å²) >= 11 is 0. The van der Waals surface area contributed by atoms with Gasteiger partial charge in [0, 0.05) is 19.0 Å². The Hall–Kier alpha value is -2.31. The summed E-state index contributed by atoms with van der Waals surface area (Å²) in [5, 5.41) is 14.7. The number of nitrogen functional groups attached to an aromatic ring is 1. The number of carboxylic acid groups (broad SMARTS) is 1. The molecule has 19 heavy (non-hydrogen) atoms. The molecule has 0 atom stereocenters. The molecule has 1 saturated carbocycles. The molecule has 0 aliphatic heterocycles. The van der Waals surface area contributed by atoms with Crippen LogP contribution < -0.4 is 16.4 Å². The first-order valence-corrected chi connectivity index (χ1v) is 6.08. The van der Waals surface area contributed by atoms with Crippen LogP contribution in [0.3, 0.4) is 0 Å². The first-order chi connectivity index (χ1) is 9.06. The number of rotatable bonds is 6. The Morgan fingerprint density at radius 1 is 1.47 bits per heavy atom. The summed E-state index contributed by atoms with van der Waals surface area (Å²) in [6, 6.07) is 1.67. The Bertz CT molecular complexity index is 500. The highest BCUT2D eigenvalue weighted by Crippen LogP contribution is 2.18. The van der Waals surface area contributed by atoms with Crippen LogP contribution in [0.4, 0.5) is 11.5 Å². The normalized spacial score (nSPS) is 13.9. The molecule has 0 spiro atoms. The van der Waals surface area contributed by atoms with E-state index in [9.17, 15) is 9.59 Å². The highest BCUT2D eigenvalue weighted by atomic mass is 16.4. The Labute approximate surface area is 110 Å². The maximum atomic E-state index is 11.4. The molecule has 1 amide bonds. The van der Waals surface area contributed by atoms with Crippen LogP contribution in [0.2, 0.25) is 0 Å². The van der Waals surface area contributed by atoms with Gasteiger partial charge in [0.1, 0.15) is 11.4 Å². The zero-order valence-electron chi connectivity index (χ0n) is 10.3. The number of pyridine rings is 1. The van der Waals surface area contributed by atoms with Crippen LogP contribution in [0, 0.1) is 0 Å². The zero-order chi connectivity index (χ0) is 13.8. The third kappa shape index (κ3) is 3.84. The molecule has 0 radical (unpaired) electrons. The number of nitrogens with one attached hydrogen (secondary N) is 2. The molecular weight excluding hydrogens is 248 g/mol. The summed E-state index contributed by atoms with van der Waals surface area (Å²) < 4.78 is 0. The maximum Gasteiger partial charge on any atom is 0.339 e. The molecule has 0 unspecified atom stereocenters. The van der Waals surface area contributed by atoms with Gasteiger partial charge >= 0.3 is 5.97 Å². The van der Waals surface area contributed by atoms with Gasteiger partial charge < -0.3 is 21.5 Å². The lowest BCUT2D eigenvalue weighted by Gasteiger charge is -2.09. The molecule has 0 aromatic carbocycles. The van der Waals surface area contributed by atoms with Gasteiger partial charge in [0.25, 0.3) is 0 Å². The molecule has 1 heterocycles. The molecule has 1 aliphatic rings. The van der Waals surface area contributed by atoms with Crippen molar-refractivity contribution in [2.75, 3.05) is 17.6 Å². The van der Waals surface area contributed by atoms with Crippen LogP contribution in [0.15, 0.2) is 12.3 Å². The summed E-state index contributed by atoms with van der Waals surface area (Å²) in [5.74, 6) is -0.923. The SMILES string of the molecule is Nc1cnc(NCCC(=O)NC2CC2)c(C(=O)O)c1. The summed E-state index contributed by atoms with van der Waals surface area (Å²) in [4.78, 5) is 26.4. The molecule has 1 aliphatic carbocycles. The second-order valence-corrected chi connectivity index (χ2v) is 4.49. The van der Waals surface area contributed by atoms with Crippen molar-refractivity contribution in [2.24, 2.45) is 0 Å². The average Bonchev–Trinajstić information content (AvgIpc) is 3.14. The van der Waals surface area contributed by atoms with Gasteiger partial charge in [0.05, 0.1) is 11.9 Å². The van der Waals surface area contributed by atoms with Gasteiger partial charge in [0.15, 0.2) is 0 Å². The van der Waals surface area contributed by atoms with E-state index in [1.165, 1.54) is 12.3 Å². The van der Waals surface area contributed by atoms with Crippen molar-refractivity contribution in [3.05, 3.63) is 17.8 Å². The number of aromatic carboxylic acids is 1. The van der Waals surface area contributed by atoms with Crippen LogP contribution in [0.5, 0.6) is 0 Å². The van der Waals surface area contributed by atoms with E-state index < -0.39 is 5.97 Å². The molecular formula is C12H16N4O3. The second-order valence-electron chi connectivity index (χ2n) is 4.49. The maximum absolute atomic E-state index is 11.4. The monoisotopic (exact) mass is 264 g/mol. The molecule has 102 valence electrons. The van der Waals surface area contributed by atoms with Crippen LogP contribution in [0.25, 0.3) is 0 Å². The van der Waals surface area contributed by atoms with Gasteiger partial charge in [-0.05, 0) is 18.9 Å². The Morgan fingerprint density at radius 2 is 2.21 bits per heavy atom. The average molecular weight is 264 g/mol. The van der Waals surface area contributed by atoms with Crippen molar-refractivity contribution in [1.82, 2.24) is 10.3 Å². The standard InChI is InChI=1S/C12H16N4O3/c13-7-5-9(12(18)19)11(15-6-7)14-4-3-10(17)16-8-1-2-8/h5-6,8H,1-4,13H2,(H,14,15)(H,16,17)(H,18,19). The number of anilines is 2. The van der Waals surface area contributed by atoms with E-state index in [0.717, 1.165) is 12.8 Å². The van der Waals surface area contributed by atoms with Crippen molar-refractivity contribution in [3.8, 4) is 0 Å². The van der Waals surface area contributed by atoms with Gasteiger partial charge in [-0.25, -0.2) is 9.78 Å². The minimum absolute atomic E-state index is 0.00241. The first-order valence-electron chi connectivity index (χ1n) is 6.08. The fourth-order valence-electron chi connectivity index (χ4n) is 1.61. The molecule has 7 nitrogen and oxygen atoms in total. The molecule has 1 fully saturated rings. The minimum Gasteiger partial charge on any atom is -0.478 e. The predicted octanol–water partition coefficient (Wildman–Crippen LogP) is 0.443. The van der Waals surface area contributed by atoms with Gasteiger partial charge in [-0.2, -0.15) is 0 Å². The number of aromatic nitrogens is 1. The summed E-state index contributed by atoms with van der Waals surface area (Å²) in [6.45, 7) is 0.329. The van der Waals surface area contributed by atoms with E-state index in [1.54, 1.807) is 0 Å². The van der Waals surface area contributed by atoms with Crippen molar-refractivity contribution in [3.63, 3.8) is 0 Å². The first kappa shape index (κ1) is 13.1. The minimum atomic E-state index is -1.11. The topological polar surface area (TPSA) is 117 Å². The number of carbonyl (C=O) groups excluding carboxylic acids is 1. The molecule has 0 saturated heterocycles. The van der Waals surface area contributed by atoms with E-state index in [0.29, 0.717) is 12.6 Å². The quantitative estimate of drug-likeness (QED) is 0.592. The molecule has 1 aromatic heterocycles. The van der Waals surface area contributed by atoms with Gasteiger partial charge in [0.2, 0.25) is 5.91 Å². The van der Waals surface area contributed by atoms with E-state index in [-0.39, 0.29) is 29.4 Å². The third-order valence-electron chi connectivity index (χ3n) is 2.73. The summed E-state index contributed by atoms with van der Waals surface area (Å²) in [7, 11) is 0. The number of hydrogen-bond acceptors (Lipinski definition) is 5. The highest BCUT2D eigenvalue weighted by molar-refractivity contribution is 5.94. The molecule has 0 bridgehead atoms. The number of carboxylic acids is 1. The van der Waals surface area contributed by atoms with Gasteiger partial charge in [-0.15, -0.1) is 0 Å². The number of nitrogens with zero attached hydrogens (tertiary/aromatic N) is 1. The van der Waals surface area contributed by atoms with Gasteiger partial charge in [-0.3, -0.25) is 4.79 Å². The van der Waals surface area contributed by atoms with Gasteiger partial charge in [-0.1, -0.05) is 0 Å². The fraction of sp³-hybridized carbons (Fsp3) is 0.417. The van der Waals surface area contributed by atoms with Crippen molar-refractivity contribution < 1.29 is 14.7 Å². The summed E-state index contributed by atoms with van der Waals surface area (Å²) in [5.41, 5.74) is 5.78. The molecule has 7 heteroatoms. The van der Waals surface area contributed by atoms with Crippen LogP contribution >= 0.6 is 0 Å². The Kier molecular flexibility index (Phi) is 3.84. The highest BCUT2D eigenvalue weighted by Gasteiger charge is 2.22. The fourth-order valence-corrected chi connectivity index (χ4v) is 1.61. The van der Waals surface area contributed by atoms with Crippen LogP contribution in [-0.2, 0) is 4.79 Å². The Morgan fingerprint density at radius 3 is 2.84 bits per heavy atom. The second kappa shape index (κ2) is 5.55. The lowest BCUT2D eigenvalue weighted by atomic mass is 10.2. The van der Waals surface area contributed by atoms with Crippen molar-refractivity contribution in [2.45, 2.75) is 25.3 Å². The Balaban J connectivity index is 1.87. The van der Waals surface area contributed by atoms with Crippen molar-refractivity contribution >= 4 is 23.4 Å². The lowest BCUT2D eigenvalue weighted by molar-refractivity contribution is -0.120. The smallest absolute Gasteiger partial charge is 0.339 e. The number of hydrogen-bond donors (Lipinski definition) is 4. The molecule has 2 rings (SSSR count). The largest absolute Gasteiger partial charge is 0.478 e. The number of nitrogens with two attached hydrogens (primary N) is 1. The van der Waals surface area contributed by atoms with Crippen LogP contribution in [0.1, 0.15) is 29.6 Å². The molecule has 5 N–H and O–H groups in total. The predicted molar refractivity (Wildman–Crippen MR) is 69.9 cm³/mol. The number of carbonyl (C=O) groups is 2. The van der Waals surface area contributed by atoms with E-state index >= 15 is 0 Å². The van der Waals surface area contributed by atoms with Crippen LogP contribution in [-0.4, -0.2) is 34.6 Å². The lowest BCUT2D eigenvalue weighted by Crippen LogP contribution is -2.27. The van der Waals surface area contributed by atoms with E-state index in [1.807, 2.05) is 0 Å². The molecule has 1 aromatic rings. The summed E-state index contributed by atoms with van der Waals surface area (Å²) in [6.07, 6.45) is 3.74. The number of amides is 1.